The van der Waals surface area contributed by atoms with Gasteiger partial charge in [-0.25, -0.2) is 0 Å². The van der Waals surface area contributed by atoms with Gasteiger partial charge < -0.3 is 15.2 Å². The molecule has 132 valence electrons. The van der Waals surface area contributed by atoms with Crippen molar-refractivity contribution >= 4 is 39.9 Å². The molecule has 0 saturated heterocycles. The van der Waals surface area contributed by atoms with E-state index in [1.54, 1.807) is 0 Å². The Bertz CT molecular complexity index is 636. The fourth-order valence-corrected chi connectivity index (χ4v) is 2.79. The van der Waals surface area contributed by atoms with Crippen LogP contribution in [0.2, 0.25) is 5.02 Å². The molecule has 2 rings (SSSR count). The van der Waals surface area contributed by atoms with Gasteiger partial charge >= 0.3 is 0 Å². The molecule has 0 fully saturated rings. The zero-order valence-electron chi connectivity index (χ0n) is 13.5. The Kier molecular flexibility index (Phi) is 9.71. The summed E-state index contributed by atoms with van der Waals surface area (Å²) in [5, 5.41) is 13.3. The third kappa shape index (κ3) is 6.26. The molecule has 0 amide bonds. The fourth-order valence-electron chi connectivity index (χ4n) is 2.19. The monoisotopic (exact) mass is 433 g/mol. The van der Waals surface area contributed by atoms with E-state index in [0.717, 1.165) is 27.8 Å². The Morgan fingerprint density at radius 1 is 1.21 bits per heavy atom. The largest absolute Gasteiger partial charge is 0.489 e. The lowest BCUT2D eigenvalue weighted by Crippen LogP contribution is -2.31. The molecule has 2 aromatic rings. The van der Waals surface area contributed by atoms with Gasteiger partial charge in [-0.1, -0.05) is 52.7 Å². The predicted octanol–water partition coefficient (Wildman–Crippen LogP) is 4.96. The molecular weight excluding hydrogens is 413 g/mol. The zero-order valence-corrected chi connectivity index (χ0v) is 16.6. The van der Waals surface area contributed by atoms with Gasteiger partial charge in [0.2, 0.25) is 0 Å². The van der Waals surface area contributed by atoms with Crippen molar-refractivity contribution in [2.24, 2.45) is 0 Å². The van der Waals surface area contributed by atoms with Crippen LogP contribution in [0, 0.1) is 0 Å². The van der Waals surface area contributed by atoms with Gasteiger partial charge in [0.1, 0.15) is 12.4 Å². The standard InChI is InChI=1S/C18H21BrClNO2.ClH/c1-2-16(11-22)21-10-14-9-15(19)7-8-18(14)23-12-13-5-3-4-6-17(13)20;/h3-9,16,21-22H,2,10-12H2,1H3;1H. The maximum Gasteiger partial charge on any atom is 0.124 e. The van der Waals surface area contributed by atoms with Gasteiger partial charge in [-0.15, -0.1) is 12.4 Å². The van der Waals surface area contributed by atoms with Crippen LogP contribution in [0.15, 0.2) is 46.9 Å². The first-order valence-electron chi connectivity index (χ1n) is 7.63. The summed E-state index contributed by atoms with van der Waals surface area (Å²) >= 11 is 9.66. The summed E-state index contributed by atoms with van der Waals surface area (Å²) in [7, 11) is 0. The molecule has 24 heavy (non-hydrogen) atoms. The Labute approximate surface area is 162 Å². The highest BCUT2D eigenvalue weighted by Crippen LogP contribution is 2.25. The molecule has 0 saturated carbocycles. The maximum absolute atomic E-state index is 9.29. The van der Waals surface area contributed by atoms with Crippen LogP contribution < -0.4 is 10.1 Å². The molecule has 6 heteroatoms. The second-order valence-electron chi connectivity index (χ2n) is 5.30. The van der Waals surface area contributed by atoms with E-state index in [2.05, 4.69) is 21.2 Å². The van der Waals surface area contributed by atoms with Crippen molar-refractivity contribution in [2.45, 2.75) is 32.5 Å². The first kappa shape index (κ1) is 21.3. The summed E-state index contributed by atoms with van der Waals surface area (Å²) in [6.07, 6.45) is 0.875. The molecule has 0 aliphatic heterocycles. The minimum atomic E-state index is 0. The third-order valence-corrected chi connectivity index (χ3v) is 4.52. The number of ether oxygens (including phenoxy) is 1. The van der Waals surface area contributed by atoms with Crippen LogP contribution in [0.1, 0.15) is 24.5 Å². The van der Waals surface area contributed by atoms with E-state index in [1.165, 1.54) is 0 Å². The number of aliphatic hydroxyl groups excluding tert-OH is 1. The number of aliphatic hydroxyl groups is 1. The van der Waals surface area contributed by atoms with Gasteiger partial charge in [-0.2, -0.15) is 0 Å². The fraction of sp³-hybridized carbons (Fsp3) is 0.333. The van der Waals surface area contributed by atoms with Crippen LogP contribution in [-0.4, -0.2) is 17.8 Å². The molecule has 0 aliphatic carbocycles. The molecule has 1 unspecified atom stereocenters. The van der Waals surface area contributed by atoms with Crippen LogP contribution in [0.4, 0.5) is 0 Å². The molecule has 2 aromatic carbocycles. The number of hydrogen-bond donors (Lipinski definition) is 2. The molecule has 0 heterocycles. The molecule has 1 atom stereocenters. The normalized spacial score (nSPS) is 11.7. The molecule has 0 radical (unpaired) electrons. The number of halogens is 3. The number of nitrogens with one attached hydrogen (secondary N) is 1. The van der Waals surface area contributed by atoms with E-state index in [1.807, 2.05) is 49.4 Å². The van der Waals surface area contributed by atoms with Gasteiger partial charge in [0.05, 0.1) is 6.61 Å². The van der Waals surface area contributed by atoms with Crippen molar-refractivity contribution in [1.29, 1.82) is 0 Å². The first-order valence-corrected chi connectivity index (χ1v) is 8.80. The minimum absolute atomic E-state index is 0. The Morgan fingerprint density at radius 2 is 1.96 bits per heavy atom. The lowest BCUT2D eigenvalue weighted by atomic mass is 10.1. The summed E-state index contributed by atoms with van der Waals surface area (Å²) in [6.45, 7) is 3.23. The summed E-state index contributed by atoms with van der Waals surface area (Å²) in [5.74, 6) is 0.813. The zero-order chi connectivity index (χ0) is 16.7. The van der Waals surface area contributed by atoms with Crippen molar-refractivity contribution in [3.63, 3.8) is 0 Å². The second-order valence-corrected chi connectivity index (χ2v) is 6.62. The summed E-state index contributed by atoms with van der Waals surface area (Å²) < 4.78 is 6.95. The summed E-state index contributed by atoms with van der Waals surface area (Å²) in [5.41, 5.74) is 2.00. The molecular formula is C18H22BrCl2NO2. The van der Waals surface area contributed by atoms with Crippen LogP contribution in [0.25, 0.3) is 0 Å². The van der Waals surface area contributed by atoms with Crippen LogP contribution in [-0.2, 0) is 13.2 Å². The van der Waals surface area contributed by atoms with Gasteiger partial charge in [0, 0.05) is 33.2 Å². The molecule has 2 N–H and O–H groups in total. The number of benzene rings is 2. The van der Waals surface area contributed by atoms with Crippen molar-refractivity contribution in [3.8, 4) is 5.75 Å². The number of hydrogen-bond acceptors (Lipinski definition) is 3. The SMILES string of the molecule is CCC(CO)NCc1cc(Br)ccc1OCc1ccccc1Cl.Cl. The first-order chi connectivity index (χ1) is 11.1. The summed E-state index contributed by atoms with van der Waals surface area (Å²) in [4.78, 5) is 0. The van der Waals surface area contributed by atoms with Gasteiger partial charge in [-0.3, -0.25) is 0 Å². The van der Waals surface area contributed by atoms with E-state index >= 15 is 0 Å². The highest BCUT2D eigenvalue weighted by atomic mass is 79.9. The maximum atomic E-state index is 9.29. The Morgan fingerprint density at radius 3 is 2.62 bits per heavy atom. The Hall–Kier alpha value is -0.780. The van der Waals surface area contributed by atoms with E-state index in [0.29, 0.717) is 18.2 Å². The van der Waals surface area contributed by atoms with E-state index in [-0.39, 0.29) is 25.1 Å². The summed E-state index contributed by atoms with van der Waals surface area (Å²) in [6, 6.07) is 13.7. The third-order valence-electron chi connectivity index (χ3n) is 3.66. The van der Waals surface area contributed by atoms with Crippen molar-refractivity contribution in [2.75, 3.05) is 6.61 Å². The van der Waals surface area contributed by atoms with E-state index in [9.17, 15) is 5.11 Å². The average molecular weight is 435 g/mol. The molecule has 0 aromatic heterocycles. The van der Waals surface area contributed by atoms with E-state index < -0.39 is 0 Å². The van der Waals surface area contributed by atoms with Crippen molar-refractivity contribution < 1.29 is 9.84 Å². The van der Waals surface area contributed by atoms with Crippen molar-refractivity contribution in [3.05, 3.63) is 63.1 Å². The molecule has 0 spiro atoms. The van der Waals surface area contributed by atoms with Gasteiger partial charge in [0.25, 0.3) is 0 Å². The highest BCUT2D eigenvalue weighted by Gasteiger charge is 2.09. The van der Waals surface area contributed by atoms with Gasteiger partial charge in [0.15, 0.2) is 0 Å². The number of rotatable bonds is 8. The topological polar surface area (TPSA) is 41.5 Å². The minimum Gasteiger partial charge on any atom is -0.489 e. The quantitative estimate of drug-likeness (QED) is 0.616. The Balaban J connectivity index is 0.00000288. The van der Waals surface area contributed by atoms with Crippen molar-refractivity contribution in [1.82, 2.24) is 5.32 Å². The lowest BCUT2D eigenvalue weighted by Gasteiger charge is -2.17. The van der Waals surface area contributed by atoms with Gasteiger partial charge in [-0.05, 0) is 30.7 Å². The molecule has 0 aliphatic rings. The van der Waals surface area contributed by atoms with Crippen LogP contribution in [0.3, 0.4) is 0 Å². The van der Waals surface area contributed by atoms with E-state index in [4.69, 9.17) is 16.3 Å². The second kappa shape index (κ2) is 11.0. The lowest BCUT2D eigenvalue weighted by molar-refractivity contribution is 0.237. The average Bonchev–Trinajstić information content (AvgIpc) is 2.56. The predicted molar refractivity (Wildman–Crippen MR) is 105 cm³/mol. The smallest absolute Gasteiger partial charge is 0.124 e. The van der Waals surface area contributed by atoms with Crippen LogP contribution in [0.5, 0.6) is 5.75 Å². The highest BCUT2D eigenvalue weighted by molar-refractivity contribution is 9.10. The van der Waals surface area contributed by atoms with Crippen LogP contribution >= 0.6 is 39.9 Å². The molecule has 3 nitrogen and oxygen atoms in total. The molecule has 0 bridgehead atoms.